The summed E-state index contributed by atoms with van der Waals surface area (Å²) in [6.45, 7) is 0. The molecule has 72 valence electrons. The molecule has 1 N–H and O–H groups in total. The van der Waals surface area contributed by atoms with Crippen LogP contribution in [0.15, 0.2) is 27.6 Å². The van der Waals surface area contributed by atoms with Gasteiger partial charge in [0.1, 0.15) is 0 Å². The van der Waals surface area contributed by atoms with Gasteiger partial charge in [-0.3, -0.25) is 0 Å². The molecule has 3 nitrogen and oxygen atoms in total. The number of nitrogens with one attached hydrogen (secondary N) is 1. The number of halogens is 2. The first-order chi connectivity index (χ1) is 5.99. The van der Waals surface area contributed by atoms with Crippen LogP contribution in [0.1, 0.15) is 0 Å². The normalized spacial score (nSPS) is 11.6. The third kappa shape index (κ3) is 2.22. The summed E-state index contributed by atoms with van der Waals surface area (Å²) in [4.78, 5) is 0.141. The number of rotatable bonds is 2. The van der Waals surface area contributed by atoms with Crippen LogP contribution >= 0.6 is 27.5 Å². The zero-order chi connectivity index (χ0) is 10.1. The molecule has 0 aromatic heterocycles. The smallest absolute Gasteiger partial charge is 0.214 e. The standard InChI is InChI=1S/C7H7BrClNO2S/c1-10-13(11,12)6-4-2-3-5(9)7(6)8/h2-4,10H,1H3. The lowest BCUT2D eigenvalue weighted by Crippen LogP contribution is -2.18. The molecule has 0 aliphatic rings. The highest BCUT2D eigenvalue weighted by molar-refractivity contribution is 9.10. The molecule has 6 heteroatoms. The van der Waals surface area contributed by atoms with Crippen molar-refractivity contribution in [3.8, 4) is 0 Å². The Labute approximate surface area is 90.3 Å². The molecule has 1 aromatic rings. The van der Waals surface area contributed by atoms with Crippen LogP contribution in [0.4, 0.5) is 0 Å². The van der Waals surface area contributed by atoms with Gasteiger partial charge >= 0.3 is 0 Å². The Kier molecular flexibility index (Phi) is 3.34. The van der Waals surface area contributed by atoms with Crippen molar-refractivity contribution in [1.82, 2.24) is 4.72 Å². The van der Waals surface area contributed by atoms with Gasteiger partial charge in [0.15, 0.2) is 0 Å². The van der Waals surface area contributed by atoms with Gasteiger partial charge < -0.3 is 0 Å². The van der Waals surface area contributed by atoms with Crippen molar-refractivity contribution in [3.63, 3.8) is 0 Å². The van der Waals surface area contributed by atoms with Crippen LogP contribution in [0.25, 0.3) is 0 Å². The maximum atomic E-state index is 11.4. The minimum absolute atomic E-state index is 0.141. The van der Waals surface area contributed by atoms with Crippen molar-refractivity contribution in [2.75, 3.05) is 7.05 Å². The van der Waals surface area contributed by atoms with Gasteiger partial charge in [-0.05, 0) is 35.1 Å². The van der Waals surface area contributed by atoms with E-state index in [1.54, 1.807) is 12.1 Å². The van der Waals surface area contributed by atoms with Gasteiger partial charge in [0.05, 0.1) is 14.4 Å². The van der Waals surface area contributed by atoms with Crippen LogP contribution in [-0.4, -0.2) is 15.5 Å². The molecule has 13 heavy (non-hydrogen) atoms. The van der Waals surface area contributed by atoms with Crippen molar-refractivity contribution < 1.29 is 8.42 Å². The number of hydrogen-bond donors (Lipinski definition) is 1. The van der Waals surface area contributed by atoms with Crippen molar-refractivity contribution >= 4 is 37.6 Å². The summed E-state index contributed by atoms with van der Waals surface area (Å²) in [5, 5.41) is 0.372. The fourth-order valence-corrected chi connectivity index (χ4v) is 2.76. The van der Waals surface area contributed by atoms with E-state index in [0.29, 0.717) is 9.50 Å². The molecule has 0 bridgehead atoms. The Morgan fingerprint density at radius 2 is 2.08 bits per heavy atom. The first-order valence-electron chi connectivity index (χ1n) is 3.36. The molecule has 1 aromatic carbocycles. The van der Waals surface area contributed by atoms with Crippen LogP contribution in [0, 0.1) is 0 Å². The van der Waals surface area contributed by atoms with Crippen LogP contribution < -0.4 is 4.72 Å². The summed E-state index contributed by atoms with van der Waals surface area (Å²) in [6, 6.07) is 4.67. The first kappa shape index (κ1) is 11.0. The summed E-state index contributed by atoms with van der Waals surface area (Å²) in [6.07, 6.45) is 0. The third-order valence-corrected chi connectivity index (χ3v) is 4.59. The van der Waals surface area contributed by atoms with E-state index in [-0.39, 0.29) is 4.90 Å². The van der Waals surface area contributed by atoms with Crippen molar-refractivity contribution in [1.29, 1.82) is 0 Å². The van der Waals surface area contributed by atoms with E-state index in [9.17, 15) is 8.42 Å². The molecule has 0 atom stereocenters. The third-order valence-electron chi connectivity index (χ3n) is 1.47. The van der Waals surface area contributed by atoms with Crippen molar-refractivity contribution in [2.45, 2.75) is 4.90 Å². The molecule has 0 saturated heterocycles. The summed E-state index contributed by atoms with van der Waals surface area (Å²) in [7, 11) is -2.08. The predicted octanol–water partition coefficient (Wildman–Crippen LogP) is 2.01. The molecule has 0 heterocycles. The Morgan fingerprint density at radius 1 is 1.46 bits per heavy atom. The molecular weight excluding hydrogens is 278 g/mol. The van der Waals surface area contributed by atoms with Gasteiger partial charge in [-0.25, -0.2) is 13.1 Å². The topological polar surface area (TPSA) is 46.2 Å². The van der Waals surface area contributed by atoms with Gasteiger partial charge in [-0.2, -0.15) is 0 Å². The maximum absolute atomic E-state index is 11.4. The molecular formula is C7H7BrClNO2S. The fourth-order valence-electron chi connectivity index (χ4n) is 0.802. The fraction of sp³-hybridized carbons (Fsp3) is 0.143. The van der Waals surface area contributed by atoms with Crippen LogP contribution in [0.5, 0.6) is 0 Å². The second-order valence-electron chi connectivity index (χ2n) is 2.26. The average molecular weight is 285 g/mol. The second-order valence-corrected chi connectivity index (χ2v) is 5.31. The quantitative estimate of drug-likeness (QED) is 0.903. The van der Waals surface area contributed by atoms with Gasteiger partial charge in [-0.1, -0.05) is 17.7 Å². The average Bonchev–Trinajstić information content (AvgIpc) is 2.09. The van der Waals surface area contributed by atoms with Gasteiger partial charge in [-0.15, -0.1) is 0 Å². The first-order valence-corrected chi connectivity index (χ1v) is 6.02. The maximum Gasteiger partial charge on any atom is 0.241 e. The highest BCUT2D eigenvalue weighted by atomic mass is 79.9. The Hall–Kier alpha value is -0.100. The summed E-state index contributed by atoms with van der Waals surface area (Å²) < 4.78 is 25.3. The Bertz CT molecular complexity index is 419. The monoisotopic (exact) mass is 283 g/mol. The predicted molar refractivity (Wildman–Crippen MR) is 55.4 cm³/mol. The highest BCUT2D eigenvalue weighted by Crippen LogP contribution is 2.28. The lowest BCUT2D eigenvalue weighted by Gasteiger charge is -2.05. The minimum atomic E-state index is -3.43. The van der Waals surface area contributed by atoms with E-state index in [1.165, 1.54) is 13.1 Å². The van der Waals surface area contributed by atoms with Crippen LogP contribution in [0.3, 0.4) is 0 Å². The Morgan fingerprint density at radius 3 is 2.62 bits per heavy atom. The van der Waals surface area contributed by atoms with E-state index >= 15 is 0 Å². The molecule has 0 unspecified atom stereocenters. The molecule has 0 saturated carbocycles. The molecule has 0 aliphatic heterocycles. The van der Waals surface area contributed by atoms with E-state index in [1.807, 2.05) is 0 Å². The zero-order valence-corrected chi connectivity index (χ0v) is 9.87. The summed E-state index contributed by atoms with van der Waals surface area (Å²) >= 11 is 8.84. The molecule has 0 fully saturated rings. The number of benzene rings is 1. The summed E-state index contributed by atoms with van der Waals surface area (Å²) in [5.41, 5.74) is 0. The summed E-state index contributed by atoms with van der Waals surface area (Å²) in [5.74, 6) is 0. The minimum Gasteiger partial charge on any atom is -0.214 e. The van der Waals surface area contributed by atoms with Crippen LogP contribution in [0.2, 0.25) is 5.02 Å². The van der Waals surface area contributed by atoms with Gasteiger partial charge in [0.2, 0.25) is 10.0 Å². The lowest BCUT2D eigenvalue weighted by atomic mass is 10.4. The number of hydrogen-bond acceptors (Lipinski definition) is 2. The SMILES string of the molecule is CNS(=O)(=O)c1cccc(Cl)c1Br. The highest BCUT2D eigenvalue weighted by Gasteiger charge is 2.16. The van der Waals surface area contributed by atoms with E-state index in [4.69, 9.17) is 11.6 Å². The van der Waals surface area contributed by atoms with Crippen molar-refractivity contribution in [3.05, 3.63) is 27.7 Å². The second kappa shape index (κ2) is 3.96. The van der Waals surface area contributed by atoms with E-state index in [2.05, 4.69) is 20.7 Å². The zero-order valence-electron chi connectivity index (χ0n) is 6.71. The number of sulfonamides is 1. The molecule has 0 radical (unpaired) electrons. The van der Waals surface area contributed by atoms with Crippen molar-refractivity contribution in [2.24, 2.45) is 0 Å². The van der Waals surface area contributed by atoms with Crippen LogP contribution in [-0.2, 0) is 10.0 Å². The van der Waals surface area contributed by atoms with E-state index < -0.39 is 10.0 Å². The molecule has 0 amide bonds. The molecule has 0 aliphatic carbocycles. The van der Waals surface area contributed by atoms with E-state index in [0.717, 1.165) is 0 Å². The molecule has 0 spiro atoms. The largest absolute Gasteiger partial charge is 0.241 e. The van der Waals surface area contributed by atoms with Gasteiger partial charge in [0, 0.05) is 0 Å². The lowest BCUT2D eigenvalue weighted by molar-refractivity contribution is 0.588. The molecule has 1 rings (SSSR count). The van der Waals surface area contributed by atoms with Gasteiger partial charge in [0.25, 0.3) is 0 Å². The Balaban J connectivity index is 3.40.